The molecule has 0 radical (unpaired) electrons. The van der Waals surface area contributed by atoms with E-state index in [4.69, 9.17) is 16.6 Å². The van der Waals surface area contributed by atoms with Crippen LogP contribution < -0.4 is 59.1 Å². The van der Waals surface area contributed by atoms with Gasteiger partial charge in [0.1, 0.15) is 22.5 Å². The number of amidine groups is 1. The SMILES string of the molecule is CC1(C)C2=CC(Cl)=CN(CCCCS(=O)(=O)[O-])C2=N/C1=C/C=C1\CCC(/C=C/C2=[N+](CCCCS(=O)(=O)[O-])c3ccc(S(=O)(=O)[O-])cc3C2(C)C)=C1c1cccc(C(=O)O)c1.[Na+].[Na+]. The first-order valence-corrected chi connectivity index (χ1v) is 24.6. The molecule has 20 heteroatoms. The van der Waals surface area contributed by atoms with Crippen LogP contribution in [0, 0.1) is 5.41 Å². The minimum atomic E-state index is -4.77. The Morgan fingerprint density at radius 3 is 2.17 bits per heavy atom. The molecule has 6 rings (SSSR count). The van der Waals surface area contributed by atoms with Gasteiger partial charge in [-0.15, -0.1) is 0 Å². The van der Waals surface area contributed by atoms with E-state index in [-0.39, 0.29) is 82.4 Å². The van der Waals surface area contributed by atoms with Crippen LogP contribution in [0.4, 0.5) is 5.69 Å². The molecule has 0 saturated heterocycles. The molecular weight excluding hydrogens is 912 g/mol. The van der Waals surface area contributed by atoms with Crippen molar-refractivity contribution < 1.29 is 113 Å². The molecule has 2 aromatic carbocycles. The molecule has 0 bridgehead atoms. The van der Waals surface area contributed by atoms with E-state index in [2.05, 4.69) is 0 Å². The number of allylic oxidation sites excluding steroid dienone is 10. The molecule has 0 fully saturated rings. The molecule has 3 heterocycles. The maximum atomic E-state index is 12.1. The summed E-state index contributed by atoms with van der Waals surface area (Å²) < 4.78 is 106. The van der Waals surface area contributed by atoms with Crippen molar-refractivity contribution in [2.24, 2.45) is 10.4 Å². The van der Waals surface area contributed by atoms with Crippen molar-refractivity contribution in [3.8, 4) is 0 Å². The first-order chi connectivity index (χ1) is 28.4. The molecule has 63 heavy (non-hydrogen) atoms. The summed E-state index contributed by atoms with van der Waals surface area (Å²) in [5.41, 5.74) is 5.58. The number of hydrogen-bond acceptors (Lipinski definition) is 12. The van der Waals surface area contributed by atoms with Gasteiger partial charge in [-0.2, -0.15) is 4.58 Å². The van der Waals surface area contributed by atoms with Crippen LogP contribution in [0.2, 0.25) is 0 Å². The van der Waals surface area contributed by atoms with Gasteiger partial charge in [0.25, 0.3) is 0 Å². The van der Waals surface area contributed by atoms with Gasteiger partial charge in [-0.3, -0.25) is 0 Å². The minimum Gasteiger partial charge on any atom is -0.748 e. The van der Waals surface area contributed by atoms with E-state index < -0.39 is 58.7 Å². The van der Waals surface area contributed by atoms with Crippen molar-refractivity contribution in [3.63, 3.8) is 0 Å². The second-order valence-electron chi connectivity index (χ2n) is 16.4. The number of carbonyl (C=O) groups is 1. The minimum absolute atomic E-state index is 0. The summed E-state index contributed by atoms with van der Waals surface area (Å²) >= 11 is 6.54. The fraction of sp³-hybridized carbons (Fsp3) is 0.372. The fourth-order valence-corrected chi connectivity index (χ4v) is 10.1. The number of carboxylic acids is 1. The maximum absolute atomic E-state index is 12.1. The summed E-state index contributed by atoms with van der Waals surface area (Å²) in [6.45, 7) is 8.53. The van der Waals surface area contributed by atoms with Crippen LogP contribution in [-0.2, 0) is 35.8 Å². The second-order valence-corrected chi connectivity index (χ2v) is 21.3. The van der Waals surface area contributed by atoms with Crippen LogP contribution in [0.15, 0.2) is 116 Å². The number of nitrogens with zero attached hydrogens (tertiary/aromatic N) is 3. The van der Waals surface area contributed by atoms with Crippen molar-refractivity contribution in [2.45, 2.75) is 76.5 Å². The van der Waals surface area contributed by atoms with Gasteiger partial charge in [0.15, 0.2) is 5.71 Å². The Kier molecular flexibility index (Phi) is 17.3. The Labute approximate surface area is 418 Å². The molecule has 0 aromatic heterocycles. The van der Waals surface area contributed by atoms with Crippen LogP contribution in [-0.4, -0.2) is 95.6 Å². The van der Waals surface area contributed by atoms with Gasteiger partial charge in [-0.05, 0) is 105 Å². The molecule has 3 aliphatic heterocycles. The molecule has 0 saturated carbocycles. The first-order valence-electron chi connectivity index (χ1n) is 19.6. The zero-order chi connectivity index (χ0) is 44.7. The quantitative estimate of drug-likeness (QED) is 0.106. The normalized spacial score (nSPS) is 19.5. The number of benzene rings is 2. The average molecular weight is 958 g/mol. The number of halogens is 1. The largest absolute Gasteiger partial charge is 1.00 e. The number of fused-ring (bicyclic) bond motifs is 2. The van der Waals surface area contributed by atoms with Gasteiger partial charge < -0.3 is 23.7 Å². The third-order valence-electron chi connectivity index (χ3n) is 11.4. The van der Waals surface area contributed by atoms with E-state index in [0.717, 1.165) is 33.7 Å². The summed E-state index contributed by atoms with van der Waals surface area (Å²) in [6, 6.07) is 10.8. The topological polar surface area (TPSA) is 228 Å². The Morgan fingerprint density at radius 1 is 0.873 bits per heavy atom. The summed E-state index contributed by atoms with van der Waals surface area (Å²) in [7, 11) is -13.5. The molecule has 0 unspecified atom stereocenters. The number of aromatic carboxylic acids is 1. The second kappa shape index (κ2) is 20.6. The van der Waals surface area contributed by atoms with Gasteiger partial charge in [0.05, 0.1) is 46.8 Å². The summed E-state index contributed by atoms with van der Waals surface area (Å²) in [6.07, 6.45) is 13.6. The zero-order valence-corrected chi connectivity index (χ0v) is 43.3. The molecule has 4 aliphatic rings. The number of unbranched alkanes of at least 4 members (excludes halogenated alkanes) is 2. The predicted octanol–water partition coefficient (Wildman–Crippen LogP) is 0.699. The monoisotopic (exact) mass is 957 g/mol. The Bertz CT molecular complexity index is 2790. The predicted molar refractivity (Wildman–Crippen MR) is 230 cm³/mol. The van der Waals surface area contributed by atoms with Gasteiger partial charge >= 0.3 is 65.1 Å². The number of carboxylic acid groups (broad SMARTS) is 1. The molecule has 0 atom stereocenters. The molecule has 2 aromatic rings. The third kappa shape index (κ3) is 12.5. The van der Waals surface area contributed by atoms with Crippen LogP contribution in [0.1, 0.15) is 87.7 Å². The molecule has 1 aliphatic carbocycles. The molecule has 14 nitrogen and oxygen atoms in total. The smallest absolute Gasteiger partial charge is 0.748 e. The van der Waals surface area contributed by atoms with Gasteiger partial charge in [0, 0.05) is 59.4 Å². The standard InChI is InChI=1S/C43H48ClN3O11S3.2Na/c1-42(2)35-25-32(44)27-46(20-5-7-22-59(50,51)52)40(35)45-37(42)18-14-28-12-13-29(39(28)30-10-9-11-31(24-30)41(48)49)15-19-38-43(3,4)34-26-33(61(56,57)58)16-17-36(34)47(38)21-6-8-23-60(53,54)55;;/h9-11,14-19,24-27H,5-8,12-13,20-23H2,1-4H3,(H3-,48,49,50,51,52,53,54,55,56,57,58);;/q;2*+1/p-2. The van der Waals surface area contributed by atoms with E-state index in [1.807, 2.05) is 73.6 Å². The molecule has 326 valence electrons. The van der Waals surface area contributed by atoms with E-state index in [0.29, 0.717) is 66.5 Å². The van der Waals surface area contributed by atoms with Gasteiger partial charge in [-0.1, -0.05) is 49.7 Å². The summed E-state index contributed by atoms with van der Waals surface area (Å²) in [4.78, 5) is 18.6. The Balaban J connectivity index is 0.00000436. The van der Waals surface area contributed by atoms with Crippen LogP contribution in [0.5, 0.6) is 0 Å². The van der Waals surface area contributed by atoms with E-state index in [1.165, 1.54) is 18.2 Å². The van der Waals surface area contributed by atoms with E-state index in [9.17, 15) is 48.8 Å². The number of aliphatic imine (C=N–C) groups is 1. The number of rotatable bonds is 16. The summed E-state index contributed by atoms with van der Waals surface area (Å²) in [5, 5.41) is 10.4. The first kappa shape index (κ1) is 53.1. The van der Waals surface area contributed by atoms with E-state index in [1.54, 1.807) is 24.4 Å². The van der Waals surface area contributed by atoms with Gasteiger partial charge in [0.2, 0.25) is 5.69 Å². The molecule has 1 N–H and O–H groups in total. The van der Waals surface area contributed by atoms with Crippen LogP contribution >= 0.6 is 11.6 Å². The third-order valence-corrected chi connectivity index (χ3v) is 14.0. The summed E-state index contributed by atoms with van der Waals surface area (Å²) in [5.74, 6) is -1.41. The van der Waals surface area contributed by atoms with Crippen molar-refractivity contribution in [2.75, 3.05) is 24.6 Å². The van der Waals surface area contributed by atoms with Crippen molar-refractivity contribution in [1.82, 2.24) is 4.90 Å². The van der Waals surface area contributed by atoms with E-state index >= 15 is 0 Å². The van der Waals surface area contributed by atoms with Gasteiger partial charge in [-0.25, -0.2) is 35.0 Å². The molecule has 0 spiro atoms. The van der Waals surface area contributed by atoms with Crippen LogP contribution in [0.25, 0.3) is 5.57 Å². The maximum Gasteiger partial charge on any atom is 1.00 e. The molecule has 0 amide bonds. The van der Waals surface area contributed by atoms with Crippen molar-refractivity contribution >= 4 is 70.7 Å². The Morgan fingerprint density at radius 2 is 1.54 bits per heavy atom. The van der Waals surface area contributed by atoms with Crippen LogP contribution in [0.3, 0.4) is 0 Å². The fourth-order valence-electron chi connectivity index (χ4n) is 8.25. The average Bonchev–Trinajstić information content (AvgIpc) is 3.75. The zero-order valence-electron chi connectivity index (χ0n) is 36.1. The molecular formula is C43H46ClN3Na2O11S3. The Hall–Kier alpha value is -2.49. The number of hydrogen-bond donors (Lipinski definition) is 1. The van der Waals surface area contributed by atoms with Crippen molar-refractivity contribution in [3.05, 3.63) is 123 Å². The van der Waals surface area contributed by atoms with Crippen molar-refractivity contribution in [1.29, 1.82) is 0 Å².